The average Bonchev–Trinajstić information content (AvgIpc) is 1.95. The van der Waals surface area contributed by atoms with Gasteiger partial charge in [0.25, 0.3) is 0 Å². The molecule has 2 heteroatoms. The van der Waals surface area contributed by atoms with Crippen LogP contribution in [0.2, 0.25) is 6.82 Å². The molecule has 0 aliphatic carbocycles. The van der Waals surface area contributed by atoms with Crippen LogP contribution in [0.3, 0.4) is 0 Å². The van der Waals surface area contributed by atoms with Gasteiger partial charge in [0.2, 0.25) is 0 Å². The topological polar surface area (TPSA) is 0 Å². The van der Waals surface area contributed by atoms with Crippen molar-refractivity contribution in [3.8, 4) is 0 Å². The first-order chi connectivity index (χ1) is 4.75. The summed E-state index contributed by atoms with van der Waals surface area (Å²) in [4.78, 5) is 0. The summed E-state index contributed by atoms with van der Waals surface area (Å²) in [5.41, 5.74) is 1.88. The van der Waals surface area contributed by atoms with E-state index in [1.54, 1.807) is 6.07 Å². The lowest BCUT2D eigenvalue weighted by Gasteiger charge is -2.00. The molecule has 0 aromatic heterocycles. The van der Waals surface area contributed by atoms with Gasteiger partial charge >= 0.3 is 0 Å². The molecule has 0 N–H and O–H groups in total. The van der Waals surface area contributed by atoms with E-state index in [9.17, 15) is 4.39 Å². The van der Waals surface area contributed by atoms with Crippen molar-refractivity contribution in [1.29, 1.82) is 0 Å². The number of hydrogen-bond donors (Lipinski definition) is 0. The quantitative estimate of drug-likeness (QED) is 0.509. The van der Waals surface area contributed by atoms with Gasteiger partial charge in [-0.25, -0.2) is 4.39 Å². The van der Waals surface area contributed by atoms with Crippen LogP contribution >= 0.6 is 0 Å². The highest BCUT2D eigenvalue weighted by Crippen LogP contribution is 2.00. The zero-order chi connectivity index (χ0) is 7.56. The summed E-state index contributed by atoms with van der Waals surface area (Å²) in [6.07, 6.45) is 0. The second kappa shape index (κ2) is 2.87. The molecule has 0 saturated heterocycles. The number of hydrogen-bond acceptors (Lipinski definition) is 0. The Kier molecular flexibility index (Phi) is 2.10. The molecule has 0 fully saturated rings. The lowest BCUT2D eigenvalue weighted by atomic mass is 9.71. The van der Waals surface area contributed by atoms with Crippen LogP contribution in [-0.4, -0.2) is 7.28 Å². The van der Waals surface area contributed by atoms with E-state index in [2.05, 4.69) is 0 Å². The Morgan fingerprint density at radius 2 is 2.10 bits per heavy atom. The minimum Gasteiger partial charge on any atom is -0.207 e. The summed E-state index contributed by atoms with van der Waals surface area (Å²) < 4.78 is 12.8. The molecule has 0 amide bonds. The van der Waals surface area contributed by atoms with Crippen LogP contribution in [0.1, 0.15) is 5.56 Å². The van der Waals surface area contributed by atoms with Gasteiger partial charge in [-0.15, -0.1) is 0 Å². The van der Waals surface area contributed by atoms with E-state index in [1.807, 2.05) is 19.8 Å². The lowest BCUT2D eigenvalue weighted by molar-refractivity contribution is 0.620. The molecular weight excluding hydrogens is 126 g/mol. The summed E-state index contributed by atoms with van der Waals surface area (Å²) in [7, 11) is 0.906. The van der Waals surface area contributed by atoms with Crippen molar-refractivity contribution >= 4 is 12.7 Å². The van der Waals surface area contributed by atoms with Crippen molar-refractivity contribution in [2.24, 2.45) is 0 Å². The van der Waals surface area contributed by atoms with Crippen LogP contribution in [0, 0.1) is 12.7 Å². The molecule has 52 valence electrons. The van der Waals surface area contributed by atoms with E-state index in [0.29, 0.717) is 0 Å². The molecule has 0 aliphatic rings. The Hall–Kier alpha value is -0.785. The Labute approximate surface area is 61.3 Å². The van der Waals surface area contributed by atoms with Crippen molar-refractivity contribution in [2.45, 2.75) is 13.7 Å². The molecular formula is C8H10BF. The molecule has 0 heterocycles. The van der Waals surface area contributed by atoms with Gasteiger partial charge in [0.15, 0.2) is 7.28 Å². The van der Waals surface area contributed by atoms with E-state index in [-0.39, 0.29) is 5.82 Å². The van der Waals surface area contributed by atoms with Gasteiger partial charge in [0.05, 0.1) is 0 Å². The molecule has 10 heavy (non-hydrogen) atoms. The van der Waals surface area contributed by atoms with Crippen molar-refractivity contribution in [3.05, 3.63) is 29.6 Å². The van der Waals surface area contributed by atoms with E-state index < -0.39 is 0 Å². The molecule has 0 nitrogen and oxygen atoms in total. The summed E-state index contributed by atoms with van der Waals surface area (Å²) in [5, 5.41) is 0. The Morgan fingerprint density at radius 1 is 1.40 bits per heavy atom. The SMILES string of the molecule is CBc1cccc(F)c1C. The molecule has 0 saturated carbocycles. The van der Waals surface area contributed by atoms with Crippen LogP contribution in [0.5, 0.6) is 0 Å². The number of rotatable bonds is 1. The van der Waals surface area contributed by atoms with Crippen LogP contribution in [0.4, 0.5) is 4.39 Å². The smallest absolute Gasteiger partial charge is 0.155 e. The van der Waals surface area contributed by atoms with Gasteiger partial charge in [-0.2, -0.15) is 0 Å². The van der Waals surface area contributed by atoms with Gasteiger partial charge in [0.1, 0.15) is 5.82 Å². The minimum absolute atomic E-state index is 0.0978. The summed E-state index contributed by atoms with van der Waals surface area (Å²) in [6.45, 7) is 3.84. The first-order valence-electron chi connectivity index (χ1n) is 3.49. The summed E-state index contributed by atoms with van der Waals surface area (Å²) in [5.74, 6) is -0.0978. The maximum atomic E-state index is 12.8. The number of halogens is 1. The second-order valence-electron chi connectivity index (χ2n) is 2.38. The molecule has 1 aromatic rings. The standard InChI is InChI=1S/C8H10BF/c1-6-7(9-2)4-3-5-8(6)10/h3-5,9H,1-2H3. The average molecular weight is 136 g/mol. The van der Waals surface area contributed by atoms with E-state index in [0.717, 1.165) is 18.3 Å². The zero-order valence-corrected chi connectivity index (χ0v) is 6.32. The molecule has 1 rings (SSSR count). The highest BCUT2D eigenvalue weighted by Gasteiger charge is 1.99. The van der Waals surface area contributed by atoms with E-state index in [1.165, 1.54) is 6.07 Å². The van der Waals surface area contributed by atoms with Crippen LogP contribution in [0.25, 0.3) is 0 Å². The summed E-state index contributed by atoms with van der Waals surface area (Å²) >= 11 is 0. The van der Waals surface area contributed by atoms with Gasteiger partial charge in [-0.1, -0.05) is 24.4 Å². The van der Waals surface area contributed by atoms with Crippen molar-refractivity contribution < 1.29 is 4.39 Å². The monoisotopic (exact) mass is 136 g/mol. The van der Waals surface area contributed by atoms with Crippen LogP contribution in [-0.2, 0) is 0 Å². The highest BCUT2D eigenvalue weighted by atomic mass is 19.1. The number of benzene rings is 1. The third-order valence-electron chi connectivity index (χ3n) is 1.76. The molecule has 0 bridgehead atoms. The largest absolute Gasteiger partial charge is 0.207 e. The third-order valence-corrected chi connectivity index (χ3v) is 1.76. The fourth-order valence-corrected chi connectivity index (χ4v) is 1.04. The van der Waals surface area contributed by atoms with Gasteiger partial charge in [0, 0.05) is 0 Å². The summed E-state index contributed by atoms with van der Waals surface area (Å²) in [6, 6.07) is 5.20. The molecule has 0 unspecified atom stereocenters. The van der Waals surface area contributed by atoms with Crippen molar-refractivity contribution in [2.75, 3.05) is 0 Å². The predicted molar refractivity (Wildman–Crippen MR) is 43.8 cm³/mol. The van der Waals surface area contributed by atoms with Gasteiger partial charge in [-0.3, -0.25) is 0 Å². The maximum Gasteiger partial charge on any atom is 0.155 e. The van der Waals surface area contributed by atoms with Gasteiger partial charge in [-0.05, 0) is 18.6 Å². The predicted octanol–water partition coefficient (Wildman–Crippen LogP) is 1.24. The Bertz CT molecular complexity index is 233. The van der Waals surface area contributed by atoms with E-state index >= 15 is 0 Å². The molecule has 1 aromatic carbocycles. The third kappa shape index (κ3) is 1.20. The van der Waals surface area contributed by atoms with Crippen molar-refractivity contribution in [3.63, 3.8) is 0 Å². The lowest BCUT2D eigenvalue weighted by Crippen LogP contribution is -2.15. The van der Waals surface area contributed by atoms with Gasteiger partial charge < -0.3 is 0 Å². The Morgan fingerprint density at radius 3 is 2.60 bits per heavy atom. The molecule has 0 aliphatic heterocycles. The highest BCUT2D eigenvalue weighted by molar-refractivity contribution is 6.52. The maximum absolute atomic E-state index is 12.8. The minimum atomic E-state index is -0.0978. The molecule has 0 atom stereocenters. The molecule has 0 radical (unpaired) electrons. The fraction of sp³-hybridized carbons (Fsp3) is 0.250. The first kappa shape index (κ1) is 7.32. The normalized spacial score (nSPS) is 9.50. The van der Waals surface area contributed by atoms with Crippen LogP contribution in [0.15, 0.2) is 18.2 Å². The second-order valence-corrected chi connectivity index (χ2v) is 2.38. The van der Waals surface area contributed by atoms with Crippen LogP contribution < -0.4 is 5.46 Å². The Balaban J connectivity index is 3.14. The molecule has 0 spiro atoms. The fourth-order valence-electron chi connectivity index (χ4n) is 1.04. The van der Waals surface area contributed by atoms with E-state index in [4.69, 9.17) is 0 Å². The van der Waals surface area contributed by atoms with Crippen molar-refractivity contribution in [1.82, 2.24) is 0 Å². The first-order valence-corrected chi connectivity index (χ1v) is 3.49. The zero-order valence-electron chi connectivity index (χ0n) is 6.32.